The zero-order valence-electron chi connectivity index (χ0n) is 15.2. The van der Waals surface area contributed by atoms with Crippen LogP contribution in [0.1, 0.15) is 37.3 Å². The zero-order valence-corrected chi connectivity index (χ0v) is 15.9. The van der Waals surface area contributed by atoms with Gasteiger partial charge in [-0.05, 0) is 32.4 Å². The molecular weight excluding hydrogens is 348 g/mol. The number of anilines is 1. The molecule has 2 aromatic rings. The Bertz CT molecular complexity index is 941. The average molecular weight is 369 g/mol. The van der Waals surface area contributed by atoms with Gasteiger partial charge < -0.3 is 9.42 Å². The van der Waals surface area contributed by atoms with E-state index in [-0.39, 0.29) is 6.04 Å². The highest BCUT2D eigenvalue weighted by Gasteiger charge is 2.38. The van der Waals surface area contributed by atoms with E-state index in [0.29, 0.717) is 6.54 Å². The predicted octanol–water partition coefficient (Wildman–Crippen LogP) is 4.65. The third-order valence-corrected chi connectivity index (χ3v) is 5.13. The zero-order chi connectivity index (χ0) is 18.3. The van der Waals surface area contributed by atoms with Crippen molar-refractivity contribution in [1.29, 1.82) is 0 Å². The number of aliphatic imine (C=N–C) groups is 1. The van der Waals surface area contributed by atoms with Crippen LogP contribution in [0.5, 0.6) is 0 Å². The van der Waals surface area contributed by atoms with Gasteiger partial charge in [0, 0.05) is 28.9 Å². The minimum Gasteiger partial charge on any atom is -0.358 e. The number of fused-ring (bicyclic) bond motifs is 2. The van der Waals surface area contributed by atoms with Crippen LogP contribution in [0.2, 0.25) is 0 Å². The maximum absolute atomic E-state index is 6.28. The Morgan fingerprint density at radius 3 is 3.00 bits per heavy atom. The van der Waals surface area contributed by atoms with E-state index >= 15 is 0 Å². The number of hydrogen-bond donors (Lipinski definition) is 0. The number of nitrogens with zero attached hydrogens (tertiary/aromatic N) is 4. The van der Waals surface area contributed by atoms with Crippen molar-refractivity contribution in [3.63, 3.8) is 0 Å². The summed E-state index contributed by atoms with van der Waals surface area (Å²) in [6.07, 6.45) is 8.83. The van der Waals surface area contributed by atoms with E-state index in [1.165, 1.54) is 0 Å². The summed E-state index contributed by atoms with van der Waals surface area (Å²) in [5.74, 6) is 1.77. The van der Waals surface area contributed by atoms with E-state index in [4.69, 9.17) is 21.1 Å². The van der Waals surface area contributed by atoms with Gasteiger partial charge in [-0.15, -0.1) is 0 Å². The van der Waals surface area contributed by atoms with E-state index in [0.717, 1.165) is 57.7 Å². The number of aromatic nitrogens is 2. The average Bonchev–Trinajstić information content (AvgIpc) is 3.09. The predicted molar refractivity (Wildman–Crippen MR) is 105 cm³/mol. The van der Waals surface area contributed by atoms with Crippen molar-refractivity contribution < 1.29 is 4.52 Å². The topological polar surface area (TPSA) is 54.5 Å². The van der Waals surface area contributed by atoms with Gasteiger partial charge in [-0.3, -0.25) is 4.99 Å². The Balaban J connectivity index is 1.87. The normalized spacial score (nSPS) is 18.8. The fraction of sp³-hybridized carbons (Fsp3) is 0.350. The lowest BCUT2D eigenvalue weighted by Gasteiger charge is -2.22. The third kappa shape index (κ3) is 2.58. The molecule has 0 radical (unpaired) electrons. The second-order valence-corrected chi connectivity index (χ2v) is 6.85. The lowest BCUT2D eigenvalue weighted by Crippen LogP contribution is -2.34. The molecule has 0 saturated carbocycles. The lowest BCUT2D eigenvalue weighted by molar-refractivity contribution is 0.382. The highest BCUT2D eigenvalue weighted by atomic mass is 35.5. The van der Waals surface area contributed by atoms with Gasteiger partial charge in [0.2, 0.25) is 0 Å². The Kier molecular flexibility index (Phi) is 4.41. The smallest absolute Gasteiger partial charge is 0.166 e. The van der Waals surface area contributed by atoms with E-state index in [2.05, 4.69) is 35.0 Å². The summed E-state index contributed by atoms with van der Waals surface area (Å²) in [5.41, 5.74) is 5.15. The first-order valence-electron chi connectivity index (χ1n) is 8.95. The van der Waals surface area contributed by atoms with Crippen LogP contribution in [0.4, 0.5) is 5.82 Å². The van der Waals surface area contributed by atoms with Crippen molar-refractivity contribution in [1.82, 2.24) is 10.1 Å². The van der Waals surface area contributed by atoms with Gasteiger partial charge in [-0.2, -0.15) is 0 Å². The van der Waals surface area contributed by atoms with Gasteiger partial charge in [-0.1, -0.05) is 35.8 Å². The van der Waals surface area contributed by atoms with Crippen LogP contribution in [0, 0.1) is 6.92 Å². The van der Waals surface area contributed by atoms with Crippen LogP contribution < -0.4 is 4.90 Å². The number of rotatable bonds is 4. The second kappa shape index (κ2) is 6.72. The Morgan fingerprint density at radius 2 is 2.23 bits per heavy atom. The van der Waals surface area contributed by atoms with Crippen molar-refractivity contribution in [3.05, 3.63) is 52.5 Å². The first-order chi connectivity index (χ1) is 12.7. The molecule has 134 valence electrons. The number of likely N-dealkylation sites (N-methyl/N-ethyl adjacent to an activating group) is 1. The summed E-state index contributed by atoms with van der Waals surface area (Å²) in [7, 11) is 0. The molecule has 2 aliphatic rings. The summed E-state index contributed by atoms with van der Waals surface area (Å²) < 4.78 is 5.52. The minimum atomic E-state index is 0.0138. The van der Waals surface area contributed by atoms with Gasteiger partial charge in [0.05, 0.1) is 23.0 Å². The van der Waals surface area contributed by atoms with Crippen molar-refractivity contribution >= 4 is 23.1 Å². The molecule has 2 aliphatic heterocycles. The highest BCUT2D eigenvalue weighted by Crippen LogP contribution is 2.42. The van der Waals surface area contributed by atoms with Gasteiger partial charge in [0.25, 0.3) is 0 Å². The van der Waals surface area contributed by atoms with Crippen LogP contribution >= 0.6 is 11.6 Å². The molecule has 5 nitrogen and oxygen atoms in total. The molecular formula is C20H21ClN4O. The Hall–Kier alpha value is -2.40. The molecule has 0 bridgehead atoms. The van der Waals surface area contributed by atoms with E-state index < -0.39 is 0 Å². The van der Waals surface area contributed by atoms with E-state index in [1.54, 1.807) is 0 Å². The summed E-state index contributed by atoms with van der Waals surface area (Å²) in [6.45, 7) is 7.50. The van der Waals surface area contributed by atoms with Crippen LogP contribution in [-0.4, -0.2) is 28.4 Å². The molecule has 0 N–H and O–H groups in total. The Morgan fingerprint density at radius 1 is 1.38 bits per heavy atom. The summed E-state index contributed by atoms with van der Waals surface area (Å²) in [6, 6.07) is 2.05. The lowest BCUT2D eigenvalue weighted by atomic mass is 9.97. The number of allylic oxidation sites excluding steroid dienone is 3. The number of hydrogen-bond acceptors (Lipinski definition) is 5. The van der Waals surface area contributed by atoms with Crippen LogP contribution in [0.25, 0.3) is 11.1 Å². The SMILES string of the molecule is CC/C=C(Cl)\C=C/C1C2=NCc3onc(C)c3-c3ccnc(c32)N1CC. The van der Waals surface area contributed by atoms with Crippen molar-refractivity contribution in [3.8, 4) is 11.1 Å². The van der Waals surface area contributed by atoms with E-state index in [9.17, 15) is 0 Å². The van der Waals surface area contributed by atoms with Gasteiger partial charge >= 0.3 is 0 Å². The fourth-order valence-electron chi connectivity index (χ4n) is 3.74. The molecule has 4 rings (SSSR count). The minimum absolute atomic E-state index is 0.0138. The maximum Gasteiger partial charge on any atom is 0.166 e. The van der Waals surface area contributed by atoms with Gasteiger partial charge in [-0.25, -0.2) is 4.98 Å². The quantitative estimate of drug-likeness (QED) is 0.737. The standard InChI is InChI=1S/C20H21ClN4O/c1-4-6-13(21)7-8-15-19-18-14(9-10-22-20(18)25(15)5-2)17-12(3)24-26-16(17)11-23-19/h6-10,15H,4-5,11H2,1-3H3/b8-7-,13-6+. The summed E-state index contributed by atoms with van der Waals surface area (Å²) >= 11 is 6.28. The molecule has 0 saturated heterocycles. The molecule has 0 spiro atoms. The van der Waals surface area contributed by atoms with E-state index in [1.807, 2.05) is 31.3 Å². The van der Waals surface area contributed by atoms with Crippen molar-refractivity contribution in [2.75, 3.05) is 11.4 Å². The molecule has 0 fully saturated rings. The van der Waals surface area contributed by atoms with Gasteiger partial charge in [0.1, 0.15) is 12.4 Å². The molecule has 1 unspecified atom stereocenters. The van der Waals surface area contributed by atoms with Crippen molar-refractivity contribution in [2.45, 2.75) is 39.8 Å². The largest absolute Gasteiger partial charge is 0.358 e. The summed E-state index contributed by atoms with van der Waals surface area (Å²) in [4.78, 5) is 11.8. The van der Waals surface area contributed by atoms with Gasteiger partial charge in [0.15, 0.2) is 5.76 Å². The monoisotopic (exact) mass is 368 g/mol. The Labute approximate surface area is 158 Å². The number of aryl methyl sites for hydroxylation is 1. The molecule has 1 atom stereocenters. The maximum atomic E-state index is 6.28. The molecule has 2 aromatic heterocycles. The first-order valence-corrected chi connectivity index (χ1v) is 9.33. The summed E-state index contributed by atoms with van der Waals surface area (Å²) in [5, 5.41) is 4.88. The highest BCUT2D eigenvalue weighted by molar-refractivity contribution is 6.31. The third-order valence-electron chi connectivity index (χ3n) is 4.85. The first kappa shape index (κ1) is 17.0. The molecule has 6 heteroatoms. The van der Waals surface area contributed by atoms with Crippen molar-refractivity contribution in [2.24, 2.45) is 4.99 Å². The molecule has 26 heavy (non-hydrogen) atoms. The number of pyridine rings is 1. The molecule has 4 heterocycles. The van der Waals surface area contributed by atoms with Crippen LogP contribution in [0.3, 0.4) is 0 Å². The second-order valence-electron chi connectivity index (χ2n) is 6.41. The molecule has 0 amide bonds. The van der Waals surface area contributed by atoms with Crippen LogP contribution in [0.15, 0.2) is 45.0 Å². The number of halogens is 1. The molecule has 0 aromatic carbocycles. The molecule has 0 aliphatic carbocycles. The van der Waals surface area contributed by atoms with Crippen LogP contribution in [-0.2, 0) is 6.54 Å². The fourth-order valence-corrected chi connectivity index (χ4v) is 3.97.